The SMILES string of the molecule is COc1ccc(N2CCN(CCCNS(=O)(=O)c3ccc(NC(C)=O)cc3)CC2)cc1. The highest BCUT2D eigenvalue weighted by Gasteiger charge is 2.18. The summed E-state index contributed by atoms with van der Waals surface area (Å²) in [5, 5.41) is 2.62. The minimum Gasteiger partial charge on any atom is -0.497 e. The number of nitrogens with zero attached hydrogens (tertiary/aromatic N) is 2. The Morgan fingerprint density at radius 1 is 1.00 bits per heavy atom. The second-order valence-electron chi connectivity index (χ2n) is 7.48. The van der Waals surface area contributed by atoms with Crippen molar-refractivity contribution < 1.29 is 17.9 Å². The number of anilines is 2. The van der Waals surface area contributed by atoms with Gasteiger partial charge in [-0.3, -0.25) is 9.69 Å². The zero-order chi connectivity index (χ0) is 22.3. The number of benzene rings is 2. The van der Waals surface area contributed by atoms with Gasteiger partial charge in [-0.05, 0) is 61.5 Å². The van der Waals surface area contributed by atoms with Gasteiger partial charge in [-0.25, -0.2) is 13.1 Å². The molecule has 2 N–H and O–H groups in total. The Morgan fingerprint density at radius 3 is 2.23 bits per heavy atom. The number of amides is 1. The minimum absolute atomic E-state index is 0.190. The van der Waals surface area contributed by atoms with Crippen molar-refractivity contribution >= 4 is 27.3 Å². The highest BCUT2D eigenvalue weighted by molar-refractivity contribution is 7.89. The van der Waals surface area contributed by atoms with Gasteiger partial charge >= 0.3 is 0 Å². The van der Waals surface area contributed by atoms with E-state index in [-0.39, 0.29) is 10.8 Å². The number of ether oxygens (including phenoxy) is 1. The van der Waals surface area contributed by atoms with Gasteiger partial charge in [0.2, 0.25) is 15.9 Å². The summed E-state index contributed by atoms with van der Waals surface area (Å²) >= 11 is 0. The Hall–Kier alpha value is -2.62. The molecule has 0 aliphatic carbocycles. The second kappa shape index (κ2) is 10.6. The van der Waals surface area contributed by atoms with Crippen LogP contribution in [0, 0.1) is 0 Å². The third-order valence-electron chi connectivity index (χ3n) is 5.24. The third-order valence-corrected chi connectivity index (χ3v) is 6.71. The van der Waals surface area contributed by atoms with Crippen LogP contribution in [0.4, 0.5) is 11.4 Å². The maximum absolute atomic E-state index is 12.4. The van der Waals surface area contributed by atoms with Crippen LogP contribution >= 0.6 is 0 Å². The van der Waals surface area contributed by atoms with Crippen LogP contribution in [0.25, 0.3) is 0 Å². The van der Waals surface area contributed by atoms with Gasteiger partial charge in [0, 0.05) is 51.0 Å². The third kappa shape index (κ3) is 6.68. The van der Waals surface area contributed by atoms with Crippen molar-refractivity contribution in [1.82, 2.24) is 9.62 Å². The molecule has 0 saturated carbocycles. The van der Waals surface area contributed by atoms with Crippen LogP contribution in [-0.4, -0.2) is 65.6 Å². The van der Waals surface area contributed by atoms with Gasteiger partial charge < -0.3 is 15.0 Å². The molecule has 0 spiro atoms. The van der Waals surface area contributed by atoms with E-state index in [1.807, 2.05) is 12.1 Å². The zero-order valence-corrected chi connectivity index (χ0v) is 18.8. The normalized spacial score (nSPS) is 15.0. The van der Waals surface area contributed by atoms with Crippen LogP contribution < -0.4 is 19.7 Å². The molecule has 1 heterocycles. The average molecular weight is 447 g/mol. The number of carbonyl (C=O) groups excluding carboxylic acids is 1. The van der Waals surface area contributed by atoms with Crippen LogP contribution in [0.5, 0.6) is 5.75 Å². The molecule has 0 atom stereocenters. The number of rotatable bonds is 9. The fourth-order valence-corrected chi connectivity index (χ4v) is 4.61. The first-order chi connectivity index (χ1) is 14.9. The van der Waals surface area contributed by atoms with Crippen molar-refractivity contribution in [3.05, 3.63) is 48.5 Å². The van der Waals surface area contributed by atoms with Crippen molar-refractivity contribution in [2.24, 2.45) is 0 Å². The molecular weight excluding hydrogens is 416 g/mol. The van der Waals surface area contributed by atoms with Crippen LogP contribution in [-0.2, 0) is 14.8 Å². The first-order valence-corrected chi connectivity index (χ1v) is 11.8. The van der Waals surface area contributed by atoms with E-state index < -0.39 is 10.0 Å². The molecule has 1 aliphatic heterocycles. The summed E-state index contributed by atoms with van der Waals surface area (Å²) in [4.78, 5) is 16.0. The molecule has 0 aromatic heterocycles. The summed E-state index contributed by atoms with van der Waals surface area (Å²) in [7, 11) is -1.89. The number of methoxy groups -OCH3 is 1. The number of hydrogen-bond donors (Lipinski definition) is 2. The highest BCUT2D eigenvalue weighted by Crippen LogP contribution is 2.20. The van der Waals surface area contributed by atoms with Crippen LogP contribution in [0.2, 0.25) is 0 Å². The molecule has 8 nitrogen and oxygen atoms in total. The minimum atomic E-state index is -3.56. The monoisotopic (exact) mass is 446 g/mol. The lowest BCUT2D eigenvalue weighted by atomic mass is 10.2. The fourth-order valence-electron chi connectivity index (χ4n) is 3.54. The number of hydrogen-bond acceptors (Lipinski definition) is 6. The molecule has 2 aromatic carbocycles. The summed E-state index contributed by atoms with van der Waals surface area (Å²) in [6, 6.07) is 14.2. The number of piperazine rings is 1. The highest BCUT2D eigenvalue weighted by atomic mass is 32.2. The van der Waals surface area contributed by atoms with Gasteiger partial charge in [-0.15, -0.1) is 0 Å². The topological polar surface area (TPSA) is 91.0 Å². The Morgan fingerprint density at radius 2 is 1.65 bits per heavy atom. The van der Waals surface area contributed by atoms with E-state index in [4.69, 9.17) is 4.74 Å². The second-order valence-corrected chi connectivity index (χ2v) is 9.25. The van der Waals surface area contributed by atoms with Crippen LogP contribution in [0.15, 0.2) is 53.4 Å². The van der Waals surface area contributed by atoms with Crippen LogP contribution in [0.1, 0.15) is 13.3 Å². The van der Waals surface area contributed by atoms with E-state index in [9.17, 15) is 13.2 Å². The zero-order valence-electron chi connectivity index (χ0n) is 18.0. The van der Waals surface area contributed by atoms with Gasteiger partial charge in [-0.2, -0.15) is 0 Å². The predicted octanol–water partition coefficient (Wildman–Crippen LogP) is 2.14. The molecule has 1 aliphatic rings. The van der Waals surface area contributed by atoms with Gasteiger partial charge in [0.1, 0.15) is 5.75 Å². The standard InChI is InChI=1S/C22H30N4O4S/c1-18(27)24-19-4-10-22(11-5-19)31(28,29)23-12-3-13-25-14-16-26(17-15-25)20-6-8-21(30-2)9-7-20/h4-11,23H,3,12-17H2,1-2H3,(H,24,27). The molecule has 1 fully saturated rings. The molecule has 0 bridgehead atoms. The van der Waals surface area contributed by atoms with E-state index in [1.54, 1.807) is 19.2 Å². The molecule has 0 radical (unpaired) electrons. The maximum atomic E-state index is 12.4. The average Bonchev–Trinajstić information content (AvgIpc) is 2.77. The molecule has 0 unspecified atom stereocenters. The van der Waals surface area contributed by atoms with E-state index in [2.05, 4.69) is 32.0 Å². The smallest absolute Gasteiger partial charge is 0.240 e. The van der Waals surface area contributed by atoms with Crippen molar-refractivity contribution in [2.45, 2.75) is 18.2 Å². The lowest BCUT2D eigenvalue weighted by molar-refractivity contribution is -0.114. The largest absolute Gasteiger partial charge is 0.497 e. The number of sulfonamides is 1. The lowest BCUT2D eigenvalue weighted by Crippen LogP contribution is -2.47. The first kappa shape index (κ1) is 23.1. The molecule has 31 heavy (non-hydrogen) atoms. The number of carbonyl (C=O) groups is 1. The molecule has 1 amide bonds. The Bertz CT molecular complexity index is 954. The van der Waals surface area contributed by atoms with Crippen LogP contribution in [0.3, 0.4) is 0 Å². The summed E-state index contributed by atoms with van der Waals surface area (Å²) in [5.74, 6) is 0.659. The first-order valence-electron chi connectivity index (χ1n) is 10.4. The van der Waals surface area contributed by atoms with E-state index in [1.165, 1.54) is 24.7 Å². The van der Waals surface area contributed by atoms with Crippen molar-refractivity contribution in [1.29, 1.82) is 0 Å². The van der Waals surface area contributed by atoms with E-state index in [0.717, 1.165) is 44.9 Å². The summed E-state index contributed by atoms with van der Waals surface area (Å²) in [6.07, 6.45) is 0.742. The molecule has 9 heteroatoms. The molecule has 2 aromatic rings. The Labute approximate surface area is 184 Å². The van der Waals surface area contributed by atoms with Gasteiger partial charge in [0.25, 0.3) is 0 Å². The van der Waals surface area contributed by atoms with Crippen molar-refractivity contribution in [2.75, 3.05) is 56.6 Å². The Balaban J connectivity index is 1.39. The van der Waals surface area contributed by atoms with Crippen molar-refractivity contribution in [3.63, 3.8) is 0 Å². The quantitative estimate of drug-likeness (QED) is 0.574. The van der Waals surface area contributed by atoms with E-state index in [0.29, 0.717) is 12.2 Å². The predicted molar refractivity (Wildman–Crippen MR) is 122 cm³/mol. The van der Waals surface area contributed by atoms with Crippen molar-refractivity contribution in [3.8, 4) is 5.75 Å². The maximum Gasteiger partial charge on any atom is 0.240 e. The van der Waals surface area contributed by atoms with Gasteiger partial charge in [0.05, 0.1) is 12.0 Å². The fraction of sp³-hybridized carbons (Fsp3) is 0.409. The molecule has 1 saturated heterocycles. The molecular formula is C22H30N4O4S. The van der Waals surface area contributed by atoms with Gasteiger partial charge in [0.15, 0.2) is 0 Å². The van der Waals surface area contributed by atoms with Gasteiger partial charge in [-0.1, -0.05) is 0 Å². The Kier molecular flexibility index (Phi) is 7.89. The molecule has 3 rings (SSSR count). The molecule has 168 valence electrons. The lowest BCUT2D eigenvalue weighted by Gasteiger charge is -2.36. The van der Waals surface area contributed by atoms with E-state index >= 15 is 0 Å². The summed E-state index contributed by atoms with van der Waals surface area (Å²) < 4.78 is 32.7. The summed E-state index contributed by atoms with van der Waals surface area (Å²) in [6.45, 7) is 6.42. The summed E-state index contributed by atoms with van der Waals surface area (Å²) in [5.41, 5.74) is 1.76. The number of nitrogens with one attached hydrogen (secondary N) is 2.